The molecule has 0 fully saturated rings. The number of halogens is 1. The summed E-state index contributed by atoms with van der Waals surface area (Å²) < 4.78 is 3.97. The molecule has 0 saturated carbocycles. The maximum absolute atomic E-state index is 4.64. The van der Waals surface area contributed by atoms with Crippen LogP contribution in [-0.2, 0) is 13.0 Å². The Bertz CT molecular complexity index is 943. The number of nitrogens with zero attached hydrogens (tertiary/aromatic N) is 5. The summed E-state index contributed by atoms with van der Waals surface area (Å²) >= 11 is 0. The van der Waals surface area contributed by atoms with E-state index in [9.17, 15) is 0 Å². The molecule has 7 heteroatoms. The Labute approximate surface area is 185 Å². The molecule has 3 aromatic rings. The van der Waals surface area contributed by atoms with Crippen LogP contribution in [0.4, 0.5) is 11.4 Å². The van der Waals surface area contributed by atoms with Crippen LogP contribution in [-0.4, -0.2) is 39.1 Å². The fourth-order valence-electron chi connectivity index (χ4n) is 3.07. The molecule has 30 heavy (non-hydrogen) atoms. The van der Waals surface area contributed by atoms with E-state index < -0.39 is 0 Å². The van der Waals surface area contributed by atoms with Crippen LogP contribution in [0.5, 0.6) is 0 Å². The van der Waals surface area contributed by atoms with Gasteiger partial charge >= 0.3 is 5.82 Å². The Kier molecular flexibility index (Phi) is 8.30. The second-order valence-corrected chi connectivity index (χ2v) is 7.41. The molecule has 0 atom stereocenters. The molecule has 0 bridgehead atoms. The van der Waals surface area contributed by atoms with Crippen molar-refractivity contribution in [1.29, 1.82) is 0 Å². The van der Waals surface area contributed by atoms with Gasteiger partial charge in [0.05, 0.1) is 19.2 Å². The highest BCUT2D eigenvalue weighted by Crippen LogP contribution is 2.13. The first-order chi connectivity index (χ1) is 14.0. The van der Waals surface area contributed by atoms with Crippen molar-refractivity contribution in [3.8, 4) is 0 Å². The molecule has 0 spiro atoms. The quantitative estimate of drug-likeness (QED) is 0.410. The van der Waals surface area contributed by atoms with E-state index in [2.05, 4.69) is 89.9 Å². The van der Waals surface area contributed by atoms with E-state index in [-0.39, 0.29) is 12.4 Å². The monoisotopic (exact) mass is 426 g/mol. The number of aromatic nitrogens is 2. The zero-order chi connectivity index (χ0) is 20.8. The van der Waals surface area contributed by atoms with Gasteiger partial charge in [0.2, 0.25) is 0 Å². The molecule has 0 unspecified atom stereocenters. The van der Waals surface area contributed by atoms with Gasteiger partial charge in [0.25, 0.3) is 0 Å². The van der Waals surface area contributed by atoms with Crippen LogP contribution in [0.25, 0.3) is 0 Å². The van der Waals surface area contributed by atoms with E-state index in [4.69, 9.17) is 0 Å². The van der Waals surface area contributed by atoms with Crippen molar-refractivity contribution in [2.24, 2.45) is 5.10 Å². The van der Waals surface area contributed by atoms with Gasteiger partial charge in [0.15, 0.2) is 12.4 Å². The summed E-state index contributed by atoms with van der Waals surface area (Å²) in [4.78, 5) is 4.19. The predicted molar refractivity (Wildman–Crippen MR) is 122 cm³/mol. The van der Waals surface area contributed by atoms with Crippen molar-refractivity contribution < 1.29 is 17.1 Å². The molecule has 2 aromatic carbocycles. The van der Waals surface area contributed by atoms with Gasteiger partial charge in [-0.3, -0.25) is 5.43 Å². The van der Waals surface area contributed by atoms with Crippen molar-refractivity contribution in [3.63, 3.8) is 0 Å². The normalized spacial score (nSPS) is 10.7. The van der Waals surface area contributed by atoms with Crippen molar-refractivity contribution >= 4 is 17.6 Å². The zero-order valence-electron chi connectivity index (χ0n) is 18.4. The van der Waals surface area contributed by atoms with Crippen molar-refractivity contribution in [2.45, 2.75) is 19.9 Å². The number of benzene rings is 2. The van der Waals surface area contributed by atoms with Crippen molar-refractivity contribution in [2.75, 3.05) is 43.4 Å². The third kappa shape index (κ3) is 5.76. The maximum Gasteiger partial charge on any atom is 0.304 e. The summed E-state index contributed by atoms with van der Waals surface area (Å²) in [5, 5.41) is 4.64. The zero-order valence-corrected chi connectivity index (χ0v) is 19.1. The van der Waals surface area contributed by atoms with Crippen molar-refractivity contribution in [1.82, 2.24) is 4.68 Å². The molecule has 1 heterocycles. The third-order valence-corrected chi connectivity index (χ3v) is 4.86. The van der Waals surface area contributed by atoms with Gasteiger partial charge < -0.3 is 22.2 Å². The summed E-state index contributed by atoms with van der Waals surface area (Å²) in [5.74, 6) is 1.09. The average Bonchev–Trinajstić information content (AvgIpc) is 3.13. The molecule has 0 saturated heterocycles. The summed E-state index contributed by atoms with van der Waals surface area (Å²) in [6, 6.07) is 16.9. The van der Waals surface area contributed by atoms with Gasteiger partial charge in [-0.15, -0.1) is 9.35 Å². The standard InChI is InChI=1S/C23H31N6.ClH/c1-6-23-28(24-17-19-7-11-21(12-8-19)26(2)3)15-16-29(23)25-18-20-9-13-22(14-10-20)27(4)5;/h7-17,25H,6,18H2,1-5H3;1H/q+1;/p-1. The van der Waals surface area contributed by atoms with E-state index in [0.29, 0.717) is 0 Å². The first kappa shape index (κ1) is 23.3. The number of hydrogen-bond acceptors (Lipinski definition) is 4. The van der Waals surface area contributed by atoms with Gasteiger partial charge in [-0.2, -0.15) is 0 Å². The number of imidazole rings is 1. The highest BCUT2D eigenvalue weighted by molar-refractivity contribution is 5.79. The lowest BCUT2D eigenvalue weighted by atomic mass is 10.2. The fourth-order valence-corrected chi connectivity index (χ4v) is 3.07. The Morgan fingerprint density at radius 2 is 1.50 bits per heavy atom. The molecule has 0 aliphatic heterocycles. The van der Waals surface area contributed by atoms with E-state index in [1.807, 2.05) is 42.1 Å². The van der Waals surface area contributed by atoms with E-state index in [0.717, 1.165) is 24.4 Å². The molecule has 0 radical (unpaired) electrons. The SMILES string of the molecule is CCc1n(NCc2ccc(N(C)C)cc2)cc[n+]1N=Cc1ccc(N(C)C)cc1.[Cl-]. The summed E-state index contributed by atoms with van der Waals surface area (Å²) in [5.41, 5.74) is 8.17. The number of anilines is 2. The Morgan fingerprint density at radius 3 is 2.03 bits per heavy atom. The molecule has 0 amide bonds. The van der Waals surface area contributed by atoms with Gasteiger partial charge in [-0.05, 0) is 35.4 Å². The summed E-state index contributed by atoms with van der Waals surface area (Å²) in [6.07, 6.45) is 6.75. The second-order valence-electron chi connectivity index (χ2n) is 7.41. The Morgan fingerprint density at radius 1 is 0.933 bits per heavy atom. The highest BCUT2D eigenvalue weighted by Gasteiger charge is 2.15. The number of nitrogens with one attached hydrogen (secondary N) is 1. The van der Waals surface area contributed by atoms with Crippen LogP contribution < -0.4 is 32.3 Å². The first-order valence-electron chi connectivity index (χ1n) is 9.91. The molecule has 6 nitrogen and oxygen atoms in total. The second kappa shape index (κ2) is 10.7. The molecule has 1 aromatic heterocycles. The minimum absolute atomic E-state index is 0. The molecular weight excluding hydrogens is 396 g/mol. The Balaban J connectivity index is 0.00000320. The minimum Gasteiger partial charge on any atom is -1.00 e. The van der Waals surface area contributed by atoms with Gasteiger partial charge in [0, 0.05) is 39.6 Å². The lowest BCUT2D eigenvalue weighted by molar-refractivity contribution is -0.685. The van der Waals surface area contributed by atoms with E-state index in [1.165, 1.54) is 16.9 Å². The highest BCUT2D eigenvalue weighted by atomic mass is 35.5. The van der Waals surface area contributed by atoms with Crippen LogP contribution in [0.2, 0.25) is 0 Å². The smallest absolute Gasteiger partial charge is 0.304 e. The first-order valence-corrected chi connectivity index (χ1v) is 9.91. The maximum atomic E-state index is 4.64. The van der Waals surface area contributed by atoms with Crippen LogP contribution in [0.3, 0.4) is 0 Å². The average molecular weight is 427 g/mol. The van der Waals surface area contributed by atoms with E-state index in [1.54, 1.807) is 0 Å². The van der Waals surface area contributed by atoms with Gasteiger partial charge in [0.1, 0.15) is 0 Å². The van der Waals surface area contributed by atoms with Gasteiger partial charge in [-0.1, -0.05) is 36.3 Å². The predicted octanol–water partition coefficient (Wildman–Crippen LogP) is 0.0999. The van der Waals surface area contributed by atoms with Crippen LogP contribution in [0.15, 0.2) is 66.0 Å². The number of rotatable bonds is 8. The van der Waals surface area contributed by atoms with Crippen LogP contribution in [0.1, 0.15) is 23.9 Å². The largest absolute Gasteiger partial charge is 1.00 e. The minimum atomic E-state index is 0. The molecular formula is C23H31ClN6. The third-order valence-electron chi connectivity index (χ3n) is 4.86. The molecule has 160 valence electrons. The molecule has 0 aliphatic rings. The molecule has 3 rings (SSSR count). The lowest BCUT2D eigenvalue weighted by Crippen LogP contribution is -3.00. The van der Waals surface area contributed by atoms with E-state index >= 15 is 0 Å². The Hall–Kier alpha value is -2.99. The van der Waals surface area contributed by atoms with Crippen LogP contribution >= 0.6 is 0 Å². The summed E-state index contributed by atoms with van der Waals surface area (Å²) in [6.45, 7) is 2.89. The fraction of sp³-hybridized carbons (Fsp3) is 0.304. The summed E-state index contributed by atoms with van der Waals surface area (Å²) in [7, 11) is 8.19. The van der Waals surface area contributed by atoms with Crippen LogP contribution in [0, 0.1) is 0 Å². The molecule has 1 N–H and O–H groups in total. The number of hydrogen-bond donors (Lipinski definition) is 1. The lowest BCUT2D eigenvalue weighted by Gasteiger charge is -2.12. The van der Waals surface area contributed by atoms with Gasteiger partial charge in [-0.25, -0.2) is 0 Å². The van der Waals surface area contributed by atoms with Crippen molar-refractivity contribution in [3.05, 3.63) is 77.9 Å². The topological polar surface area (TPSA) is 39.7 Å². The molecule has 0 aliphatic carbocycles.